The first-order valence-corrected chi connectivity index (χ1v) is 8.84. The molecule has 1 aliphatic rings. The van der Waals surface area contributed by atoms with Crippen molar-refractivity contribution in [1.29, 1.82) is 0 Å². The van der Waals surface area contributed by atoms with E-state index in [0.717, 1.165) is 12.8 Å². The van der Waals surface area contributed by atoms with Gasteiger partial charge in [-0.15, -0.1) is 0 Å². The van der Waals surface area contributed by atoms with Gasteiger partial charge in [0.05, 0.1) is 18.2 Å². The molecular weight excluding hydrogens is 346 g/mol. The third-order valence-corrected chi connectivity index (χ3v) is 3.92. The first-order valence-electron chi connectivity index (χ1n) is 8.46. The highest BCUT2D eigenvalue weighted by atomic mass is 35.5. The van der Waals surface area contributed by atoms with Gasteiger partial charge in [-0.25, -0.2) is 0 Å². The van der Waals surface area contributed by atoms with E-state index < -0.39 is 5.97 Å². The van der Waals surface area contributed by atoms with E-state index in [1.165, 1.54) is 0 Å². The number of rotatable bonds is 7. The Bertz CT molecular complexity index is 618. The van der Waals surface area contributed by atoms with Gasteiger partial charge in [0.2, 0.25) is 5.91 Å². The molecule has 25 heavy (non-hydrogen) atoms. The van der Waals surface area contributed by atoms with E-state index in [-0.39, 0.29) is 19.1 Å². The lowest BCUT2D eigenvalue weighted by Gasteiger charge is -2.12. The summed E-state index contributed by atoms with van der Waals surface area (Å²) in [6, 6.07) is 3.44. The van der Waals surface area contributed by atoms with Crippen LogP contribution in [0.5, 0.6) is 11.5 Å². The van der Waals surface area contributed by atoms with Crippen molar-refractivity contribution in [1.82, 2.24) is 5.32 Å². The number of carbonyl (C=O) groups excluding carboxylic acids is 2. The fourth-order valence-corrected chi connectivity index (χ4v) is 2.55. The number of halogens is 1. The Morgan fingerprint density at radius 1 is 1.28 bits per heavy atom. The van der Waals surface area contributed by atoms with Gasteiger partial charge in [-0.3, -0.25) is 9.59 Å². The van der Waals surface area contributed by atoms with Crippen LogP contribution in [-0.4, -0.2) is 31.6 Å². The highest BCUT2D eigenvalue weighted by Gasteiger charge is 2.16. The molecule has 0 saturated heterocycles. The standard InChI is InChI=1S/C18H24ClNO5/c1-12(2)4-5-16(21)20-10-17(22)25-11-13-8-14(19)18-15(9-13)23-6-3-7-24-18/h8-9,12H,3-7,10-11H2,1-2H3,(H,20,21). The summed E-state index contributed by atoms with van der Waals surface area (Å²) in [4.78, 5) is 23.4. The minimum Gasteiger partial charge on any atom is -0.489 e. The van der Waals surface area contributed by atoms with Crippen molar-refractivity contribution >= 4 is 23.5 Å². The summed E-state index contributed by atoms with van der Waals surface area (Å²) >= 11 is 6.20. The third kappa shape index (κ3) is 6.46. The van der Waals surface area contributed by atoms with Gasteiger partial charge in [0.15, 0.2) is 11.5 Å². The highest BCUT2D eigenvalue weighted by Crippen LogP contribution is 2.38. The van der Waals surface area contributed by atoms with E-state index >= 15 is 0 Å². The van der Waals surface area contributed by atoms with E-state index in [1.807, 2.05) is 13.8 Å². The van der Waals surface area contributed by atoms with E-state index in [2.05, 4.69) is 5.32 Å². The average Bonchev–Trinajstić information content (AvgIpc) is 2.82. The zero-order chi connectivity index (χ0) is 18.2. The first kappa shape index (κ1) is 19.4. The SMILES string of the molecule is CC(C)CCC(=O)NCC(=O)OCc1cc(Cl)c2c(c1)OCCCO2. The number of fused-ring (bicyclic) bond motifs is 1. The number of ether oxygens (including phenoxy) is 3. The number of carbonyl (C=O) groups is 2. The summed E-state index contributed by atoms with van der Waals surface area (Å²) in [5.41, 5.74) is 0.703. The Hall–Kier alpha value is -1.95. The predicted octanol–water partition coefficient (Wildman–Crippen LogP) is 3.10. The van der Waals surface area contributed by atoms with Crippen molar-refractivity contribution in [3.63, 3.8) is 0 Å². The number of hydrogen-bond acceptors (Lipinski definition) is 5. The molecule has 0 atom stereocenters. The number of hydrogen-bond donors (Lipinski definition) is 1. The molecule has 0 aliphatic carbocycles. The monoisotopic (exact) mass is 369 g/mol. The van der Waals surface area contributed by atoms with Crippen LogP contribution in [0.3, 0.4) is 0 Å². The summed E-state index contributed by atoms with van der Waals surface area (Å²) in [6.07, 6.45) is 1.98. The van der Waals surface area contributed by atoms with E-state index in [0.29, 0.717) is 47.6 Å². The van der Waals surface area contributed by atoms with Gasteiger partial charge in [-0.05, 0) is 30.0 Å². The minimum absolute atomic E-state index is 0.0526. The van der Waals surface area contributed by atoms with Crippen LogP contribution in [0.4, 0.5) is 0 Å². The molecule has 6 nitrogen and oxygen atoms in total. The Balaban J connectivity index is 1.81. The Morgan fingerprint density at radius 2 is 2.04 bits per heavy atom. The van der Waals surface area contributed by atoms with Crippen LogP contribution in [0, 0.1) is 5.92 Å². The Morgan fingerprint density at radius 3 is 2.80 bits per heavy atom. The van der Waals surface area contributed by atoms with E-state index in [9.17, 15) is 9.59 Å². The molecule has 0 bridgehead atoms. The lowest BCUT2D eigenvalue weighted by Crippen LogP contribution is -2.30. The molecular formula is C18H24ClNO5. The van der Waals surface area contributed by atoms with Crippen molar-refractivity contribution in [3.05, 3.63) is 22.7 Å². The number of nitrogens with one attached hydrogen (secondary N) is 1. The van der Waals surface area contributed by atoms with Crippen LogP contribution in [0.15, 0.2) is 12.1 Å². The second-order valence-electron chi connectivity index (χ2n) is 6.33. The smallest absolute Gasteiger partial charge is 0.325 e. The van der Waals surface area contributed by atoms with Crippen LogP contribution in [0.2, 0.25) is 5.02 Å². The average molecular weight is 370 g/mol. The van der Waals surface area contributed by atoms with Gasteiger partial charge in [0, 0.05) is 12.8 Å². The largest absolute Gasteiger partial charge is 0.489 e. The van der Waals surface area contributed by atoms with Gasteiger partial charge >= 0.3 is 5.97 Å². The van der Waals surface area contributed by atoms with Gasteiger partial charge in [-0.1, -0.05) is 25.4 Å². The second-order valence-corrected chi connectivity index (χ2v) is 6.73. The number of esters is 1. The van der Waals surface area contributed by atoms with Crippen molar-refractivity contribution in [2.45, 2.75) is 39.7 Å². The van der Waals surface area contributed by atoms with Crippen molar-refractivity contribution in [2.24, 2.45) is 5.92 Å². The van der Waals surface area contributed by atoms with Crippen molar-refractivity contribution in [2.75, 3.05) is 19.8 Å². The molecule has 7 heteroatoms. The van der Waals surface area contributed by atoms with E-state index in [4.69, 9.17) is 25.8 Å². The topological polar surface area (TPSA) is 73.9 Å². The molecule has 0 fully saturated rings. The molecule has 0 spiro atoms. The molecule has 1 aromatic rings. The molecule has 0 saturated carbocycles. The molecule has 1 heterocycles. The normalized spacial score (nSPS) is 13.3. The molecule has 138 valence electrons. The summed E-state index contributed by atoms with van der Waals surface area (Å²) in [5, 5.41) is 2.98. The predicted molar refractivity (Wildman–Crippen MR) is 93.9 cm³/mol. The van der Waals surface area contributed by atoms with E-state index in [1.54, 1.807) is 12.1 Å². The number of benzene rings is 1. The van der Waals surface area contributed by atoms with Crippen LogP contribution >= 0.6 is 11.6 Å². The zero-order valence-corrected chi connectivity index (χ0v) is 15.4. The van der Waals surface area contributed by atoms with Gasteiger partial charge < -0.3 is 19.5 Å². The molecule has 0 unspecified atom stereocenters. The quantitative estimate of drug-likeness (QED) is 0.747. The van der Waals surface area contributed by atoms with Crippen molar-refractivity contribution in [3.8, 4) is 11.5 Å². The molecule has 1 N–H and O–H groups in total. The number of amides is 1. The van der Waals surface area contributed by atoms with Crippen LogP contribution < -0.4 is 14.8 Å². The second kappa shape index (κ2) is 9.51. The molecule has 0 aromatic heterocycles. The lowest BCUT2D eigenvalue weighted by atomic mass is 10.1. The molecule has 1 amide bonds. The van der Waals surface area contributed by atoms with Crippen LogP contribution in [0.25, 0.3) is 0 Å². The fourth-order valence-electron chi connectivity index (χ4n) is 2.26. The maximum absolute atomic E-state index is 11.8. The van der Waals surface area contributed by atoms with Gasteiger partial charge in [0.25, 0.3) is 0 Å². The van der Waals surface area contributed by atoms with Gasteiger partial charge in [-0.2, -0.15) is 0 Å². The first-order chi connectivity index (χ1) is 12.0. The zero-order valence-electron chi connectivity index (χ0n) is 14.6. The van der Waals surface area contributed by atoms with Crippen LogP contribution in [-0.2, 0) is 20.9 Å². The Labute approximate surface area is 152 Å². The maximum atomic E-state index is 11.8. The highest BCUT2D eigenvalue weighted by molar-refractivity contribution is 6.32. The third-order valence-electron chi connectivity index (χ3n) is 3.64. The maximum Gasteiger partial charge on any atom is 0.325 e. The molecule has 0 radical (unpaired) electrons. The summed E-state index contributed by atoms with van der Waals surface area (Å²) in [6.45, 7) is 5.10. The van der Waals surface area contributed by atoms with Crippen LogP contribution in [0.1, 0.15) is 38.7 Å². The Kier molecular flexibility index (Phi) is 7.37. The van der Waals surface area contributed by atoms with Crippen molar-refractivity contribution < 1.29 is 23.8 Å². The summed E-state index contributed by atoms with van der Waals surface area (Å²) in [5.74, 6) is 0.872. The summed E-state index contributed by atoms with van der Waals surface area (Å²) < 4.78 is 16.3. The minimum atomic E-state index is -0.499. The molecule has 1 aromatic carbocycles. The molecule has 2 rings (SSSR count). The fraction of sp³-hybridized carbons (Fsp3) is 0.556. The molecule has 1 aliphatic heterocycles. The lowest BCUT2D eigenvalue weighted by molar-refractivity contribution is -0.145. The van der Waals surface area contributed by atoms with Gasteiger partial charge in [0.1, 0.15) is 13.2 Å². The summed E-state index contributed by atoms with van der Waals surface area (Å²) in [7, 11) is 0.